The van der Waals surface area contributed by atoms with Crippen LogP contribution in [0.15, 0.2) is 46.3 Å². The Labute approximate surface area is 155 Å². The summed E-state index contributed by atoms with van der Waals surface area (Å²) in [5.74, 6) is 0.867. The number of thiophene rings is 1. The van der Waals surface area contributed by atoms with Crippen molar-refractivity contribution in [2.24, 2.45) is 0 Å². The Hall–Kier alpha value is -2.88. The molecule has 1 aliphatic heterocycles. The predicted molar refractivity (Wildman–Crippen MR) is 92.4 cm³/mol. The van der Waals surface area contributed by atoms with Crippen molar-refractivity contribution >= 4 is 23.1 Å². The molecule has 0 spiro atoms. The smallest absolute Gasteiger partial charge is 0.339 e. The highest BCUT2D eigenvalue weighted by Gasteiger charge is 2.36. The molecule has 0 atom stereocenters. The lowest BCUT2D eigenvalue weighted by atomic mass is 10.0. The van der Waals surface area contributed by atoms with Crippen molar-refractivity contribution in [3.63, 3.8) is 0 Å². The summed E-state index contributed by atoms with van der Waals surface area (Å²) in [6, 6.07) is 7.83. The molecule has 10 heteroatoms. The third-order valence-electron chi connectivity index (χ3n) is 4.14. The van der Waals surface area contributed by atoms with E-state index in [-0.39, 0.29) is 11.6 Å². The number of aromatic nitrogens is 2. The SMILES string of the molecule is O=C(Nc1cccc(C(F)(F)F)c1)N1CC(c2nc(-c3cccs3)no2)C1. The number of alkyl halides is 3. The molecule has 27 heavy (non-hydrogen) atoms. The Bertz CT molecular complexity index is 949. The normalized spacial score (nSPS) is 14.9. The monoisotopic (exact) mass is 394 g/mol. The van der Waals surface area contributed by atoms with Gasteiger partial charge in [-0.15, -0.1) is 11.3 Å². The van der Waals surface area contributed by atoms with E-state index in [4.69, 9.17) is 4.52 Å². The molecule has 0 saturated carbocycles. The van der Waals surface area contributed by atoms with Gasteiger partial charge in [-0.2, -0.15) is 18.2 Å². The van der Waals surface area contributed by atoms with Gasteiger partial charge < -0.3 is 14.7 Å². The van der Waals surface area contributed by atoms with E-state index in [9.17, 15) is 18.0 Å². The molecule has 0 aliphatic carbocycles. The minimum absolute atomic E-state index is 0.0847. The summed E-state index contributed by atoms with van der Waals surface area (Å²) >= 11 is 1.50. The Morgan fingerprint density at radius 1 is 1.26 bits per heavy atom. The summed E-state index contributed by atoms with van der Waals surface area (Å²) in [7, 11) is 0. The van der Waals surface area contributed by atoms with Crippen molar-refractivity contribution in [3.8, 4) is 10.7 Å². The van der Waals surface area contributed by atoms with Gasteiger partial charge in [-0.3, -0.25) is 0 Å². The van der Waals surface area contributed by atoms with Crippen molar-refractivity contribution in [2.45, 2.75) is 12.1 Å². The first-order valence-electron chi connectivity index (χ1n) is 8.01. The van der Waals surface area contributed by atoms with E-state index < -0.39 is 17.8 Å². The second-order valence-electron chi connectivity index (χ2n) is 6.04. The first-order valence-corrected chi connectivity index (χ1v) is 8.89. The number of hydrogen-bond acceptors (Lipinski definition) is 5. The zero-order chi connectivity index (χ0) is 19.0. The van der Waals surface area contributed by atoms with Crippen molar-refractivity contribution in [1.82, 2.24) is 15.0 Å². The molecule has 2 amide bonds. The Balaban J connectivity index is 1.35. The maximum absolute atomic E-state index is 12.7. The zero-order valence-corrected chi connectivity index (χ0v) is 14.5. The van der Waals surface area contributed by atoms with Crippen LogP contribution in [0.1, 0.15) is 17.4 Å². The number of anilines is 1. The Morgan fingerprint density at radius 3 is 2.78 bits per heavy atom. The van der Waals surface area contributed by atoms with Crippen LogP contribution >= 0.6 is 11.3 Å². The summed E-state index contributed by atoms with van der Waals surface area (Å²) in [5, 5.41) is 8.32. The molecule has 1 aliphatic rings. The molecule has 3 aromatic rings. The highest BCUT2D eigenvalue weighted by molar-refractivity contribution is 7.13. The van der Waals surface area contributed by atoms with E-state index in [1.807, 2.05) is 17.5 Å². The van der Waals surface area contributed by atoms with E-state index in [2.05, 4.69) is 15.5 Å². The molecule has 0 radical (unpaired) electrons. The summed E-state index contributed by atoms with van der Waals surface area (Å²) < 4.78 is 43.5. The van der Waals surface area contributed by atoms with Crippen molar-refractivity contribution in [2.75, 3.05) is 18.4 Å². The molecule has 4 rings (SSSR count). The van der Waals surface area contributed by atoms with Crippen LogP contribution in [0.3, 0.4) is 0 Å². The van der Waals surface area contributed by atoms with Crippen LogP contribution in [-0.4, -0.2) is 34.2 Å². The van der Waals surface area contributed by atoms with E-state index in [0.29, 0.717) is 24.8 Å². The quantitative estimate of drug-likeness (QED) is 0.713. The predicted octanol–water partition coefficient (Wildman–Crippen LogP) is 4.45. The minimum Gasteiger partial charge on any atom is -0.339 e. The fourth-order valence-corrected chi connectivity index (χ4v) is 3.33. The molecule has 1 fully saturated rings. The lowest BCUT2D eigenvalue weighted by molar-refractivity contribution is -0.137. The lowest BCUT2D eigenvalue weighted by Crippen LogP contribution is -2.50. The second-order valence-corrected chi connectivity index (χ2v) is 6.99. The molecular weight excluding hydrogens is 381 g/mol. The largest absolute Gasteiger partial charge is 0.416 e. The number of likely N-dealkylation sites (tertiary alicyclic amines) is 1. The topological polar surface area (TPSA) is 71.3 Å². The molecular formula is C17H13F3N4O2S. The number of carbonyl (C=O) groups is 1. The van der Waals surface area contributed by atoms with E-state index in [1.54, 1.807) is 0 Å². The van der Waals surface area contributed by atoms with Crippen molar-refractivity contribution in [3.05, 3.63) is 53.2 Å². The fourth-order valence-electron chi connectivity index (χ4n) is 2.68. The van der Waals surface area contributed by atoms with Crippen LogP contribution in [0.25, 0.3) is 10.7 Å². The van der Waals surface area contributed by atoms with Gasteiger partial charge in [0.05, 0.1) is 16.4 Å². The summed E-state index contributed by atoms with van der Waals surface area (Å²) in [5.41, 5.74) is -0.718. The molecule has 1 saturated heterocycles. The molecule has 140 valence electrons. The Kier molecular flexibility index (Phi) is 4.34. The number of rotatable bonds is 3. The molecule has 2 aromatic heterocycles. The number of halogens is 3. The maximum atomic E-state index is 12.7. The van der Waals surface area contributed by atoms with Gasteiger partial charge >= 0.3 is 12.2 Å². The van der Waals surface area contributed by atoms with Crippen LogP contribution in [-0.2, 0) is 6.18 Å². The van der Waals surface area contributed by atoms with Crippen LogP contribution < -0.4 is 5.32 Å². The standard InChI is InChI=1S/C17H13F3N4O2S/c18-17(19,20)11-3-1-4-12(7-11)21-16(25)24-8-10(9-24)15-22-14(23-26-15)13-5-2-6-27-13/h1-7,10H,8-9H2,(H,21,25). The summed E-state index contributed by atoms with van der Waals surface area (Å²) in [6.07, 6.45) is -4.46. The second kappa shape index (κ2) is 6.69. The molecule has 0 unspecified atom stereocenters. The fraction of sp³-hybridized carbons (Fsp3) is 0.235. The van der Waals surface area contributed by atoms with E-state index in [1.165, 1.54) is 28.4 Å². The van der Waals surface area contributed by atoms with Crippen LogP contribution in [0.2, 0.25) is 0 Å². The highest BCUT2D eigenvalue weighted by atomic mass is 32.1. The third-order valence-corrected chi connectivity index (χ3v) is 5.01. The average molecular weight is 394 g/mol. The van der Waals surface area contributed by atoms with E-state index >= 15 is 0 Å². The van der Waals surface area contributed by atoms with Crippen LogP contribution in [0, 0.1) is 0 Å². The number of benzene rings is 1. The van der Waals surface area contributed by atoms with Gasteiger partial charge in [0, 0.05) is 18.8 Å². The Morgan fingerprint density at radius 2 is 2.07 bits per heavy atom. The molecule has 3 heterocycles. The number of urea groups is 1. The van der Waals surface area contributed by atoms with Crippen molar-refractivity contribution in [1.29, 1.82) is 0 Å². The average Bonchev–Trinajstić information content (AvgIpc) is 3.24. The third kappa shape index (κ3) is 3.65. The van der Waals surface area contributed by atoms with Gasteiger partial charge in [0.25, 0.3) is 0 Å². The maximum Gasteiger partial charge on any atom is 0.416 e. The number of nitrogens with one attached hydrogen (secondary N) is 1. The van der Waals surface area contributed by atoms with E-state index in [0.717, 1.165) is 17.0 Å². The first-order chi connectivity index (χ1) is 12.9. The van der Waals surface area contributed by atoms with Gasteiger partial charge in [0.1, 0.15) is 0 Å². The number of hydrogen-bond donors (Lipinski definition) is 1. The van der Waals surface area contributed by atoms with Crippen molar-refractivity contribution < 1.29 is 22.5 Å². The molecule has 0 bridgehead atoms. The van der Waals surface area contributed by atoms with Gasteiger partial charge in [0.15, 0.2) is 0 Å². The summed E-state index contributed by atoms with van der Waals surface area (Å²) in [6.45, 7) is 0.716. The van der Waals surface area contributed by atoms with Crippen LogP contribution in [0.5, 0.6) is 0 Å². The van der Waals surface area contributed by atoms with Gasteiger partial charge in [-0.1, -0.05) is 17.3 Å². The lowest BCUT2D eigenvalue weighted by Gasteiger charge is -2.36. The number of amides is 2. The van der Waals surface area contributed by atoms with Gasteiger partial charge in [-0.05, 0) is 29.6 Å². The first kappa shape index (κ1) is 17.5. The summed E-state index contributed by atoms with van der Waals surface area (Å²) in [4.78, 5) is 18.9. The molecule has 1 N–H and O–H groups in total. The number of nitrogens with zero attached hydrogens (tertiary/aromatic N) is 3. The van der Waals surface area contributed by atoms with Crippen LogP contribution in [0.4, 0.5) is 23.7 Å². The molecule has 1 aromatic carbocycles. The zero-order valence-electron chi connectivity index (χ0n) is 13.7. The number of carbonyl (C=O) groups excluding carboxylic acids is 1. The van der Waals surface area contributed by atoms with Gasteiger partial charge in [-0.25, -0.2) is 4.79 Å². The minimum atomic E-state index is -4.46. The van der Waals surface area contributed by atoms with Gasteiger partial charge in [0.2, 0.25) is 11.7 Å². The highest BCUT2D eigenvalue weighted by Crippen LogP contribution is 2.32. The molecule has 6 nitrogen and oxygen atoms in total.